The average molecular weight is 251 g/mol. The fourth-order valence-electron chi connectivity index (χ4n) is 2.08. The Bertz CT molecular complexity index is 519. The molecule has 1 aliphatic heterocycles. The summed E-state index contributed by atoms with van der Waals surface area (Å²) in [5.74, 6) is -1.89. The monoisotopic (exact) mass is 251 g/mol. The number of H-pyrrole nitrogens is 1. The van der Waals surface area contributed by atoms with E-state index in [0.29, 0.717) is 6.54 Å². The number of nitrogens with one attached hydrogen (secondary N) is 1. The topological polar surface area (TPSA) is 103 Å². The van der Waals surface area contributed by atoms with E-state index in [4.69, 9.17) is 5.11 Å². The molecule has 0 aliphatic carbocycles. The third-order valence-electron chi connectivity index (χ3n) is 3.11. The van der Waals surface area contributed by atoms with Crippen molar-refractivity contribution in [2.75, 3.05) is 13.1 Å². The Morgan fingerprint density at radius 1 is 1.44 bits per heavy atom. The van der Waals surface area contributed by atoms with Crippen LogP contribution in [0.25, 0.3) is 0 Å². The fraction of sp³-hybridized carbons (Fsp3) is 0.455. The molecule has 7 nitrogen and oxygen atoms in total. The summed E-state index contributed by atoms with van der Waals surface area (Å²) in [7, 11) is 0. The second kappa shape index (κ2) is 4.59. The predicted molar refractivity (Wildman–Crippen MR) is 61.1 cm³/mol. The van der Waals surface area contributed by atoms with Gasteiger partial charge in [0.05, 0.1) is 5.92 Å². The van der Waals surface area contributed by atoms with Crippen molar-refractivity contribution >= 4 is 11.9 Å². The number of aromatic amines is 1. The minimum absolute atomic E-state index is 0.0887. The van der Waals surface area contributed by atoms with Crippen molar-refractivity contribution in [1.82, 2.24) is 15.1 Å². The molecule has 1 amide bonds. The number of likely N-dealkylation sites (tertiary alicyclic amines) is 1. The van der Waals surface area contributed by atoms with E-state index < -0.39 is 11.9 Å². The Morgan fingerprint density at radius 2 is 2.17 bits per heavy atom. The first kappa shape index (κ1) is 12.3. The van der Waals surface area contributed by atoms with Gasteiger partial charge >= 0.3 is 5.97 Å². The molecule has 0 spiro atoms. The zero-order valence-electron chi connectivity index (χ0n) is 9.79. The molecule has 1 saturated heterocycles. The van der Waals surface area contributed by atoms with Crippen molar-refractivity contribution < 1.29 is 14.7 Å². The smallest absolute Gasteiger partial charge is 0.308 e. The average Bonchev–Trinajstić information content (AvgIpc) is 2.71. The lowest BCUT2D eigenvalue weighted by molar-refractivity contribution is -0.142. The Morgan fingerprint density at radius 3 is 2.67 bits per heavy atom. The SMILES string of the molecule is C[C@@H]1CN(C(=O)c2ccc(=O)[nH]n2)C[C@H]1C(=O)O. The molecule has 2 heterocycles. The van der Waals surface area contributed by atoms with Crippen LogP contribution in [0.4, 0.5) is 0 Å². The molecule has 0 aromatic carbocycles. The molecule has 1 aromatic heterocycles. The van der Waals surface area contributed by atoms with Gasteiger partial charge in [-0.15, -0.1) is 0 Å². The fourth-order valence-corrected chi connectivity index (χ4v) is 2.08. The van der Waals surface area contributed by atoms with Gasteiger partial charge in [0.1, 0.15) is 5.69 Å². The maximum absolute atomic E-state index is 12.0. The summed E-state index contributed by atoms with van der Waals surface area (Å²) in [5.41, 5.74) is -0.266. The van der Waals surface area contributed by atoms with Crippen LogP contribution in [-0.2, 0) is 4.79 Å². The van der Waals surface area contributed by atoms with Crippen molar-refractivity contribution in [2.45, 2.75) is 6.92 Å². The van der Waals surface area contributed by atoms with Gasteiger partial charge in [0, 0.05) is 19.2 Å². The van der Waals surface area contributed by atoms with Gasteiger partial charge in [0.15, 0.2) is 0 Å². The maximum atomic E-state index is 12.0. The van der Waals surface area contributed by atoms with E-state index in [1.807, 2.05) is 0 Å². The Hall–Kier alpha value is -2.18. The van der Waals surface area contributed by atoms with E-state index in [0.717, 1.165) is 0 Å². The molecule has 1 aliphatic rings. The van der Waals surface area contributed by atoms with E-state index in [9.17, 15) is 14.4 Å². The number of carbonyl (C=O) groups excluding carboxylic acids is 1. The van der Waals surface area contributed by atoms with Crippen LogP contribution in [0.1, 0.15) is 17.4 Å². The van der Waals surface area contributed by atoms with E-state index >= 15 is 0 Å². The first-order valence-corrected chi connectivity index (χ1v) is 5.57. The van der Waals surface area contributed by atoms with Crippen molar-refractivity contribution in [2.24, 2.45) is 11.8 Å². The highest BCUT2D eigenvalue weighted by molar-refractivity contribution is 5.92. The summed E-state index contributed by atoms with van der Waals surface area (Å²) in [6.45, 7) is 2.36. The molecule has 1 aromatic rings. The van der Waals surface area contributed by atoms with Crippen LogP contribution in [0, 0.1) is 11.8 Å². The molecule has 96 valence electrons. The number of amides is 1. The van der Waals surface area contributed by atoms with Crippen LogP contribution in [0.15, 0.2) is 16.9 Å². The Labute approximate surface area is 102 Å². The molecule has 2 atom stereocenters. The van der Waals surface area contributed by atoms with Gasteiger partial charge in [-0.3, -0.25) is 14.4 Å². The van der Waals surface area contributed by atoms with Crippen molar-refractivity contribution in [3.8, 4) is 0 Å². The quantitative estimate of drug-likeness (QED) is 0.741. The van der Waals surface area contributed by atoms with Crippen molar-refractivity contribution in [1.29, 1.82) is 0 Å². The summed E-state index contributed by atoms with van der Waals surface area (Å²) in [5, 5.41) is 14.8. The highest BCUT2D eigenvalue weighted by Crippen LogP contribution is 2.24. The van der Waals surface area contributed by atoms with Gasteiger partial charge in [-0.1, -0.05) is 6.92 Å². The molecule has 0 saturated carbocycles. The summed E-state index contributed by atoms with van der Waals surface area (Å²) in [6, 6.07) is 2.55. The highest BCUT2D eigenvalue weighted by atomic mass is 16.4. The lowest BCUT2D eigenvalue weighted by Gasteiger charge is -2.14. The van der Waals surface area contributed by atoms with Crippen LogP contribution < -0.4 is 5.56 Å². The first-order valence-electron chi connectivity index (χ1n) is 5.57. The van der Waals surface area contributed by atoms with Crippen LogP contribution in [0.3, 0.4) is 0 Å². The molecule has 0 radical (unpaired) electrons. The number of carbonyl (C=O) groups is 2. The maximum Gasteiger partial charge on any atom is 0.308 e. The summed E-state index contributed by atoms with van der Waals surface area (Å²) in [4.78, 5) is 35.3. The molecule has 1 fully saturated rings. The minimum atomic E-state index is -0.896. The molecule has 7 heteroatoms. The summed E-state index contributed by atoms with van der Waals surface area (Å²) < 4.78 is 0. The zero-order valence-corrected chi connectivity index (χ0v) is 9.79. The summed E-state index contributed by atoms with van der Waals surface area (Å²) in [6.07, 6.45) is 0. The molecular weight excluding hydrogens is 238 g/mol. The van der Waals surface area contributed by atoms with E-state index in [1.54, 1.807) is 6.92 Å². The second-order valence-electron chi connectivity index (χ2n) is 4.44. The molecular formula is C11H13N3O4. The normalized spacial score (nSPS) is 23.1. The third kappa shape index (κ3) is 2.24. The van der Waals surface area contributed by atoms with Gasteiger partial charge in [0.25, 0.3) is 11.5 Å². The van der Waals surface area contributed by atoms with Crippen molar-refractivity contribution in [3.05, 3.63) is 28.2 Å². The second-order valence-corrected chi connectivity index (χ2v) is 4.44. The van der Waals surface area contributed by atoms with Gasteiger partial charge in [-0.05, 0) is 12.0 Å². The largest absolute Gasteiger partial charge is 0.481 e. The van der Waals surface area contributed by atoms with Crippen LogP contribution in [-0.4, -0.2) is 45.2 Å². The first-order chi connectivity index (χ1) is 8.49. The highest BCUT2D eigenvalue weighted by Gasteiger charge is 2.37. The van der Waals surface area contributed by atoms with Gasteiger partial charge in [-0.2, -0.15) is 5.10 Å². The van der Waals surface area contributed by atoms with E-state index in [1.165, 1.54) is 17.0 Å². The number of nitrogens with zero attached hydrogens (tertiary/aromatic N) is 2. The predicted octanol–water partition coefficient (Wildman–Crippen LogP) is -0.437. The number of hydrogen-bond acceptors (Lipinski definition) is 4. The number of carboxylic acid groups (broad SMARTS) is 1. The van der Waals surface area contributed by atoms with Gasteiger partial charge in [-0.25, -0.2) is 5.10 Å². The number of hydrogen-bond donors (Lipinski definition) is 2. The Kier molecular flexibility index (Phi) is 3.14. The number of carboxylic acids is 1. The zero-order chi connectivity index (χ0) is 13.3. The molecule has 0 bridgehead atoms. The van der Waals surface area contributed by atoms with Crippen LogP contribution in [0.5, 0.6) is 0 Å². The Balaban J connectivity index is 2.14. The van der Waals surface area contributed by atoms with E-state index in [-0.39, 0.29) is 29.6 Å². The lowest BCUT2D eigenvalue weighted by atomic mass is 9.99. The lowest BCUT2D eigenvalue weighted by Crippen LogP contribution is -2.31. The summed E-state index contributed by atoms with van der Waals surface area (Å²) >= 11 is 0. The number of aliphatic carboxylic acids is 1. The molecule has 0 unspecified atom stereocenters. The standard InChI is InChI=1S/C11H13N3O4/c1-6-4-14(5-7(6)11(17)18)10(16)8-2-3-9(15)13-12-8/h2-3,6-7H,4-5H2,1H3,(H,13,15)(H,17,18)/t6-,7-/m1/s1. The van der Waals surface area contributed by atoms with Crippen LogP contribution in [0.2, 0.25) is 0 Å². The number of rotatable bonds is 2. The molecule has 2 rings (SSSR count). The van der Waals surface area contributed by atoms with Gasteiger partial charge in [0.2, 0.25) is 0 Å². The molecule has 2 N–H and O–H groups in total. The number of aromatic nitrogens is 2. The van der Waals surface area contributed by atoms with E-state index in [2.05, 4.69) is 10.2 Å². The third-order valence-corrected chi connectivity index (χ3v) is 3.11. The van der Waals surface area contributed by atoms with Crippen molar-refractivity contribution in [3.63, 3.8) is 0 Å². The van der Waals surface area contributed by atoms with Gasteiger partial charge < -0.3 is 10.0 Å². The minimum Gasteiger partial charge on any atom is -0.481 e. The molecule has 18 heavy (non-hydrogen) atoms. The van der Waals surface area contributed by atoms with Crippen LogP contribution >= 0.6 is 0 Å².